The fraction of sp³-hybridized carbons (Fsp3) is 0.130. The molecule has 0 saturated carbocycles. The molecule has 0 saturated heterocycles. The van der Waals surface area contributed by atoms with Crippen molar-refractivity contribution >= 4 is 22.6 Å². The van der Waals surface area contributed by atoms with Gasteiger partial charge >= 0.3 is 0 Å². The molecule has 2 heterocycles. The molecule has 0 fully saturated rings. The van der Waals surface area contributed by atoms with Crippen LogP contribution in [0.25, 0.3) is 22.3 Å². The monoisotopic (exact) mass is 381 g/mol. The number of anilines is 1. The zero-order valence-corrected chi connectivity index (χ0v) is 16.0. The summed E-state index contributed by atoms with van der Waals surface area (Å²) in [6, 6.07) is 21.0. The SMILES string of the molecule is CCn1ncc2c(C(=O)Nc3ccc(CC#N)cc3)cc(-c3ccccc3)nc21. The van der Waals surface area contributed by atoms with Gasteiger partial charge in [0.1, 0.15) is 0 Å². The number of nitrogens with one attached hydrogen (secondary N) is 1. The van der Waals surface area contributed by atoms with Crippen LogP contribution in [0.15, 0.2) is 66.9 Å². The van der Waals surface area contributed by atoms with Crippen molar-refractivity contribution in [2.45, 2.75) is 19.9 Å². The van der Waals surface area contributed by atoms with Gasteiger partial charge in [-0.1, -0.05) is 42.5 Å². The second kappa shape index (κ2) is 7.95. The summed E-state index contributed by atoms with van der Waals surface area (Å²) in [6.07, 6.45) is 2.03. The lowest BCUT2D eigenvalue weighted by Crippen LogP contribution is -2.13. The first-order chi connectivity index (χ1) is 14.2. The molecule has 1 amide bonds. The van der Waals surface area contributed by atoms with Crippen molar-refractivity contribution in [2.75, 3.05) is 5.32 Å². The topological polar surface area (TPSA) is 83.6 Å². The molecule has 2 aromatic carbocycles. The second-order valence-corrected chi connectivity index (χ2v) is 6.60. The fourth-order valence-corrected chi connectivity index (χ4v) is 3.22. The third-order valence-corrected chi connectivity index (χ3v) is 4.72. The van der Waals surface area contributed by atoms with E-state index in [2.05, 4.69) is 16.5 Å². The number of hydrogen-bond donors (Lipinski definition) is 1. The van der Waals surface area contributed by atoms with Gasteiger partial charge in [0.05, 0.1) is 35.3 Å². The lowest BCUT2D eigenvalue weighted by atomic mass is 10.1. The normalized spacial score (nSPS) is 10.6. The van der Waals surface area contributed by atoms with Crippen molar-refractivity contribution in [3.8, 4) is 17.3 Å². The molecule has 0 atom stereocenters. The van der Waals surface area contributed by atoms with Crippen LogP contribution in [0.2, 0.25) is 0 Å². The van der Waals surface area contributed by atoms with Crippen molar-refractivity contribution in [3.05, 3.63) is 78.0 Å². The number of fused-ring (bicyclic) bond motifs is 1. The predicted molar refractivity (Wildman–Crippen MR) is 112 cm³/mol. The predicted octanol–water partition coefficient (Wildman–Crippen LogP) is 4.44. The molecule has 6 heteroatoms. The standard InChI is InChI=1S/C23H19N5O/c1-2-28-22-20(15-25-28)19(14-21(27-22)17-6-4-3-5-7-17)23(29)26-18-10-8-16(9-11-18)12-13-24/h3-11,14-15H,2,12H2,1H3,(H,26,29). The average Bonchev–Trinajstić information content (AvgIpc) is 3.18. The van der Waals surface area contributed by atoms with Crippen LogP contribution >= 0.6 is 0 Å². The summed E-state index contributed by atoms with van der Waals surface area (Å²) in [5.41, 5.74) is 4.45. The average molecular weight is 381 g/mol. The van der Waals surface area contributed by atoms with Gasteiger partial charge < -0.3 is 5.32 Å². The molecule has 0 aliphatic carbocycles. The van der Waals surface area contributed by atoms with Crippen LogP contribution in [-0.4, -0.2) is 20.7 Å². The lowest BCUT2D eigenvalue weighted by Gasteiger charge is -2.10. The number of nitrogens with zero attached hydrogens (tertiary/aromatic N) is 4. The Labute approximate surface area is 168 Å². The Balaban J connectivity index is 1.74. The number of carbonyl (C=O) groups is 1. The maximum absolute atomic E-state index is 13.1. The summed E-state index contributed by atoms with van der Waals surface area (Å²) in [6.45, 7) is 2.65. The Hall–Kier alpha value is -3.98. The zero-order valence-electron chi connectivity index (χ0n) is 16.0. The van der Waals surface area contributed by atoms with E-state index in [1.807, 2.05) is 49.4 Å². The van der Waals surface area contributed by atoms with E-state index in [9.17, 15) is 4.79 Å². The molecular formula is C23H19N5O. The third-order valence-electron chi connectivity index (χ3n) is 4.72. The van der Waals surface area contributed by atoms with Gasteiger partial charge in [-0.05, 0) is 30.7 Å². The molecule has 0 radical (unpaired) electrons. The number of pyridine rings is 1. The number of nitriles is 1. The van der Waals surface area contributed by atoms with Crippen LogP contribution in [-0.2, 0) is 13.0 Å². The Bertz CT molecular complexity index is 1200. The molecular weight excluding hydrogens is 362 g/mol. The summed E-state index contributed by atoms with van der Waals surface area (Å²) in [7, 11) is 0. The molecule has 6 nitrogen and oxygen atoms in total. The van der Waals surface area contributed by atoms with Crippen LogP contribution in [0, 0.1) is 11.3 Å². The third kappa shape index (κ3) is 3.71. The van der Waals surface area contributed by atoms with Gasteiger partial charge in [0, 0.05) is 17.8 Å². The number of carbonyl (C=O) groups excluding carboxylic acids is 1. The second-order valence-electron chi connectivity index (χ2n) is 6.60. The van der Waals surface area contributed by atoms with Gasteiger partial charge in [-0.15, -0.1) is 0 Å². The maximum Gasteiger partial charge on any atom is 0.256 e. The van der Waals surface area contributed by atoms with Gasteiger partial charge in [0.2, 0.25) is 0 Å². The van der Waals surface area contributed by atoms with Crippen molar-refractivity contribution in [2.24, 2.45) is 0 Å². The molecule has 0 unspecified atom stereocenters. The van der Waals surface area contributed by atoms with E-state index < -0.39 is 0 Å². The van der Waals surface area contributed by atoms with E-state index >= 15 is 0 Å². The number of benzene rings is 2. The summed E-state index contributed by atoms with van der Waals surface area (Å²) < 4.78 is 1.79. The number of aromatic nitrogens is 3. The summed E-state index contributed by atoms with van der Waals surface area (Å²) >= 11 is 0. The molecule has 29 heavy (non-hydrogen) atoms. The number of hydrogen-bond acceptors (Lipinski definition) is 4. The van der Waals surface area contributed by atoms with Crippen LogP contribution in [0.1, 0.15) is 22.8 Å². The van der Waals surface area contributed by atoms with E-state index in [0.717, 1.165) is 16.8 Å². The zero-order chi connectivity index (χ0) is 20.2. The number of amides is 1. The van der Waals surface area contributed by atoms with Gasteiger partial charge in [-0.3, -0.25) is 4.79 Å². The highest BCUT2D eigenvalue weighted by Gasteiger charge is 2.17. The molecule has 142 valence electrons. The molecule has 0 aliphatic heterocycles. The molecule has 0 aliphatic rings. The van der Waals surface area contributed by atoms with E-state index in [4.69, 9.17) is 10.2 Å². The van der Waals surface area contributed by atoms with Crippen molar-refractivity contribution < 1.29 is 4.79 Å². The Morgan fingerprint density at radius 3 is 2.59 bits per heavy atom. The van der Waals surface area contributed by atoms with E-state index in [0.29, 0.717) is 35.2 Å². The lowest BCUT2D eigenvalue weighted by molar-refractivity contribution is 0.102. The first-order valence-electron chi connectivity index (χ1n) is 9.39. The highest BCUT2D eigenvalue weighted by Crippen LogP contribution is 2.25. The summed E-state index contributed by atoms with van der Waals surface area (Å²) in [5, 5.41) is 16.8. The van der Waals surface area contributed by atoms with Gasteiger partial charge in [-0.25, -0.2) is 9.67 Å². The van der Waals surface area contributed by atoms with Crippen LogP contribution in [0.4, 0.5) is 5.69 Å². The Morgan fingerprint density at radius 1 is 1.14 bits per heavy atom. The van der Waals surface area contributed by atoms with Crippen LogP contribution in [0.3, 0.4) is 0 Å². The number of rotatable bonds is 5. The quantitative estimate of drug-likeness (QED) is 0.554. The van der Waals surface area contributed by atoms with E-state index in [-0.39, 0.29) is 5.91 Å². The van der Waals surface area contributed by atoms with Crippen molar-refractivity contribution in [1.82, 2.24) is 14.8 Å². The highest BCUT2D eigenvalue weighted by atomic mass is 16.1. The number of aryl methyl sites for hydroxylation is 1. The largest absolute Gasteiger partial charge is 0.322 e. The van der Waals surface area contributed by atoms with Crippen molar-refractivity contribution in [1.29, 1.82) is 5.26 Å². The minimum Gasteiger partial charge on any atom is -0.322 e. The van der Waals surface area contributed by atoms with E-state index in [1.54, 1.807) is 29.1 Å². The van der Waals surface area contributed by atoms with Crippen molar-refractivity contribution in [3.63, 3.8) is 0 Å². The first-order valence-corrected chi connectivity index (χ1v) is 9.39. The fourth-order valence-electron chi connectivity index (χ4n) is 3.22. The Morgan fingerprint density at radius 2 is 1.90 bits per heavy atom. The van der Waals surface area contributed by atoms with Crippen LogP contribution < -0.4 is 5.32 Å². The molecule has 4 rings (SSSR count). The summed E-state index contributed by atoms with van der Waals surface area (Å²) in [5.74, 6) is -0.224. The minimum atomic E-state index is -0.224. The first kappa shape index (κ1) is 18.4. The Kier molecular flexibility index (Phi) is 5.04. The summed E-state index contributed by atoms with van der Waals surface area (Å²) in [4.78, 5) is 17.8. The molecule has 1 N–H and O–H groups in total. The van der Waals surface area contributed by atoms with Gasteiger partial charge in [0.25, 0.3) is 5.91 Å². The highest BCUT2D eigenvalue weighted by molar-refractivity contribution is 6.12. The van der Waals surface area contributed by atoms with Crippen LogP contribution in [0.5, 0.6) is 0 Å². The van der Waals surface area contributed by atoms with Gasteiger partial charge in [0.15, 0.2) is 5.65 Å². The molecule has 0 bridgehead atoms. The molecule has 4 aromatic rings. The molecule has 2 aromatic heterocycles. The maximum atomic E-state index is 13.1. The minimum absolute atomic E-state index is 0.224. The smallest absolute Gasteiger partial charge is 0.256 e. The van der Waals surface area contributed by atoms with E-state index in [1.165, 1.54) is 0 Å². The molecule has 0 spiro atoms. The van der Waals surface area contributed by atoms with Gasteiger partial charge in [-0.2, -0.15) is 10.4 Å².